The standard InChI is InChI=1S/C15H25N3O/c1-14(2,3)9-15(4,5)18-10-6-7-12(16)11(8-10)13(17)19/h6-8,18H,9,16H2,1-5H3,(H2,17,19). The van der Waals surface area contributed by atoms with Crippen LogP contribution >= 0.6 is 0 Å². The van der Waals surface area contributed by atoms with E-state index in [1.165, 1.54) is 0 Å². The van der Waals surface area contributed by atoms with E-state index in [0.29, 0.717) is 11.3 Å². The van der Waals surface area contributed by atoms with Gasteiger partial charge >= 0.3 is 0 Å². The van der Waals surface area contributed by atoms with E-state index >= 15 is 0 Å². The van der Waals surface area contributed by atoms with Crippen LogP contribution in [0, 0.1) is 5.41 Å². The van der Waals surface area contributed by atoms with E-state index < -0.39 is 5.91 Å². The summed E-state index contributed by atoms with van der Waals surface area (Å²) in [5.74, 6) is -0.505. The summed E-state index contributed by atoms with van der Waals surface area (Å²) in [6.07, 6.45) is 0.996. The number of hydrogen-bond donors (Lipinski definition) is 3. The molecule has 19 heavy (non-hydrogen) atoms. The highest BCUT2D eigenvalue weighted by Gasteiger charge is 2.25. The van der Waals surface area contributed by atoms with Gasteiger partial charge in [-0.2, -0.15) is 0 Å². The highest BCUT2D eigenvalue weighted by atomic mass is 16.1. The van der Waals surface area contributed by atoms with Crippen molar-refractivity contribution in [2.75, 3.05) is 11.1 Å². The van der Waals surface area contributed by atoms with Crippen LogP contribution in [-0.4, -0.2) is 11.4 Å². The molecule has 5 N–H and O–H groups in total. The predicted molar refractivity (Wildman–Crippen MR) is 81.1 cm³/mol. The van der Waals surface area contributed by atoms with Crippen molar-refractivity contribution in [1.82, 2.24) is 0 Å². The summed E-state index contributed by atoms with van der Waals surface area (Å²) in [5.41, 5.74) is 12.8. The van der Waals surface area contributed by atoms with Crippen LogP contribution < -0.4 is 16.8 Å². The second-order valence-electron chi connectivity index (χ2n) is 6.91. The van der Waals surface area contributed by atoms with Crippen molar-refractivity contribution in [2.45, 2.75) is 46.6 Å². The number of amides is 1. The first-order valence-electron chi connectivity index (χ1n) is 6.48. The number of hydrogen-bond acceptors (Lipinski definition) is 3. The predicted octanol–water partition coefficient (Wildman–Crippen LogP) is 2.99. The maximum Gasteiger partial charge on any atom is 0.250 e. The summed E-state index contributed by atoms with van der Waals surface area (Å²) >= 11 is 0. The number of benzene rings is 1. The smallest absolute Gasteiger partial charge is 0.250 e. The molecule has 0 bridgehead atoms. The van der Waals surface area contributed by atoms with Crippen LogP contribution in [0.2, 0.25) is 0 Å². The molecule has 0 aromatic heterocycles. The maximum absolute atomic E-state index is 11.3. The van der Waals surface area contributed by atoms with Crippen molar-refractivity contribution in [3.63, 3.8) is 0 Å². The summed E-state index contributed by atoms with van der Waals surface area (Å²) < 4.78 is 0. The van der Waals surface area contributed by atoms with Crippen molar-refractivity contribution in [3.8, 4) is 0 Å². The molecule has 1 amide bonds. The fourth-order valence-corrected chi connectivity index (χ4v) is 2.61. The molecular formula is C15H25N3O. The number of carbonyl (C=O) groups is 1. The average Bonchev–Trinajstić information content (AvgIpc) is 2.16. The Labute approximate surface area is 115 Å². The second-order valence-corrected chi connectivity index (χ2v) is 6.91. The van der Waals surface area contributed by atoms with Gasteiger partial charge in [-0.05, 0) is 43.9 Å². The van der Waals surface area contributed by atoms with Gasteiger partial charge < -0.3 is 16.8 Å². The van der Waals surface area contributed by atoms with E-state index in [2.05, 4.69) is 39.9 Å². The highest BCUT2D eigenvalue weighted by Crippen LogP contribution is 2.30. The summed E-state index contributed by atoms with van der Waals surface area (Å²) in [6, 6.07) is 5.28. The number of primary amides is 1. The Morgan fingerprint density at radius 2 is 1.79 bits per heavy atom. The van der Waals surface area contributed by atoms with Gasteiger partial charge in [0.25, 0.3) is 5.91 Å². The molecule has 0 saturated carbocycles. The molecule has 1 aromatic carbocycles. The van der Waals surface area contributed by atoms with Gasteiger partial charge in [-0.15, -0.1) is 0 Å². The Kier molecular flexibility index (Phi) is 4.13. The summed E-state index contributed by atoms with van der Waals surface area (Å²) in [7, 11) is 0. The van der Waals surface area contributed by atoms with E-state index in [1.54, 1.807) is 12.1 Å². The number of nitrogens with one attached hydrogen (secondary N) is 1. The summed E-state index contributed by atoms with van der Waals surface area (Å²) in [6.45, 7) is 10.9. The average molecular weight is 263 g/mol. The van der Waals surface area contributed by atoms with E-state index in [-0.39, 0.29) is 11.0 Å². The van der Waals surface area contributed by atoms with Crippen LogP contribution in [-0.2, 0) is 0 Å². The molecular weight excluding hydrogens is 238 g/mol. The third-order valence-corrected chi connectivity index (χ3v) is 2.77. The molecule has 4 heteroatoms. The van der Waals surface area contributed by atoms with E-state index in [1.807, 2.05) is 6.07 Å². The molecule has 0 saturated heterocycles. The Hall–Kier alpha value is -1.71. The molecule has 1 aromatic rings. The lowest BCUT2D eigenvalue weighted by Gasteiger charge is -2.34. The van der Waals surface area contributed by atoms with Gasteiger partial charge in [0.1, 0.15) is 0 Å². The molecule has 0 atom stereocenters. The zero-order valence-corrected chi connectivity index (χ0v) is 12.5. The Morgan fingerprint density at radius 1 is 1.21 bits per heavy atom. The molecule has 106 valence electrons. The third kappa shape index (κ3) is 4.81. The summed E-state index contributed by atoms with van der Waals surface area (Å²) in [5, 5.41) is 3.43. The van der Waals surface area contributed by atoms with Gasteiger partial charge in [0.05, 0.1) is 5.56 Å². The second kappa shape index (κ2) is 5.11. The van der Waals surface area contributed by atoms with Crippen molar-refractivity contribution in [3.05, 3.63) is 23.8 Å². The summed E-state index contributed by atoms with van der Waals surface area (Å²) in [4.78, 5) is 11.3. The van der Waals surface area contributed by atoms with Crippen LogP contribution in [0.5, 0.6) is 0 Å². The number of carbonyl (C=O) groups excluding carboxylic acids is 1. The molecule has 0 heterocycles. The van der Waals surface area contributed by atoms with Crippen molar-refractivity contribution >= 4 is 17.3 Å². The lowest BCUT2D eigenvalue weighted by molar-refractivity contribution is 0.100. The quantitative estimate of drug-likeness (QED) is 0.730. The SMILES string of the molecule is CC(C)(C)CC(C)(C)Nc1ccc(N)c(C(N)=O)c1. The number of nitrogen functional groups attached to an aromatic ring is 1. The minimum atomic E-state index is -0.505. The van der Waals surface area contributed by atoms with E-state index in [0.717, 1.165) is 12.1 Å². The van der Waals surface area contributed by atoms with Gasteiger partial charge in [0.15, 0.2) is 0 Å². The molecule has 0 fully saturated rings. The number of rotatable bonds is 4. The van der Waals surface area contributed by atoms with E-state index in [4.69, 9.17) is 11.5 Å². The minimum absolute atomic E-state index is 0.0801. The van der Waals surface area contributed by atoms with Gasteiger partial charge in [-0.3, -0.25) is 4.79 Å². The van der Waals surface area contributed by atoms with Crippen LogP contribution in [0.15, 0.2) is 18.2 Å². The monoisotopic (exact) mass is 263 g/mol. The largest absolute Gasteiger partial charge is 0.398 e. The molecule has 0 aliphatic heterocycles. The third-order valence-electron chi connectivity index (χ3n) is 2.77. The molecule has 0 unspecified atom stereocenters. The van der Waals surface area contributed by atoms with Gasteiger partial charge in [-0.1, -0.05) is 20.8 Å². The maximum atomic E-state index is 11.3. The van der Waals surface area contributed by atoms with Crippen LogP contribution in [0.4, 0.5) is 11.4 Å². The van der Waals surface area contributed by atoms with Crippen LogP contribution in [0.1, 0.15) is 51.4 Å². The Balaban J connectivity index is 2.94. The Bertz CT molecular complexity index is 473. The fourth-order valence-electron chi connectivity index (χ4n) is 2.61. The highest BCUT2D eigenvalue weighted by molar-refractivity contribution is 5.98. The normalized spacial score (nSPS) is 12.3. The van der Waals surface area contributed by atoms with Gasteiger partial charge in [0, 0.05) is 16.9 Å². The van der Waals surface area contributed by atoms with Crippen molar-refractivity contribution in [1.29, 1.82) is 0 Å². The first-order chi connectivity index (χ1) is 8.50. The van der Waals surface area contributed by atoms with Crippen molar-refractivity contribution in [2.24, 2.45) is 11.1 Å². The molecule has 0 aliphatic carbocycles. The molecule has 0 radical (unpaired) electrons. The van der Waals surface area contributed by atoms with Crippen LogP contribution in [0.3, 0.4) is 0 Å². The molecule has 4 nitrogen and oxygen atoms in total. The zero-order valence-electron chi connectivity index (χ0n) is 12.5. The first kappa shape index (κ1) is 15.3. The van der Waals surface area contributed by atoms with E-state index in [9.17, 15) is 4.79 Å². The first-order valence-corrected chi connectivity index (χ1v) is 6.48. The van der Waals surface area contributed by atoms with Gasteiger partial charge in [-0.25, -0.2) is 0 Å². The number of anilines is 2. The Morgan fingerprint density at radius 3 is 2.26 bits per heavy atom. The number of nitrogens with two attached hydrogens (primary N) is 2. The minimum Gasteiger partial charge on any atom is -0.398 e. The van der Waals surface area contributed by atoms with Gasteiger partial charge in [0.2, 0.25) is 0 Å². The molecule has 0 spiro atoms. The lowest BCUT2D eigenvalue weighted by Crippen LogP contribution is -2.35. The topological polar surface area (TPSA) is 81.1 Å². The molecule has 1 rings (SSSR count). The fraction of sp³-hybridized carbons (Fsp3) is 0.533. The van der Waals surface area contributed by atoms with Crippen LogP contribution in [0.25, 0.3) is 0 Å². The van der Waals surface area contributed by atoms with Crippen molar-refractivity contribution < 1.29 is 4.79 Å². The molecule has 0 aliphatic rings. The zero-order chi connectivity index (χ0) is 14.8. The lowest BCUT2D eigenvalue weighted by atomic mass is 9.81.